The Morgan fingerprint density at radius 2 is 2.14 bits per heavy atom. The van der Waals surface area contributed by atoms with Crippen LogP contribution < -0.4 is 15.5 Å². The molecule has 0 aliphatic rings. The quantitative estimate of drug-likeness (QED) is 0.852. The number of likely N-dealkylation sites (N-methyl/N-ethyl adjacent to an activating group) is 2. The van der Waals surface area contributed by atoms with Crippen LogP contribution in [0.5, 0.6) is 0 Å². The molecule has 1 amide bonds. The molecule has 2 aromatic heterocycles. The third kappa shape index (κ3) is 3.41. The van der Waals surface area contributed by atoms with Crippen molar-refractivity contribution in [2.75, 3.05) is 37.4 Å². The zero-order valence-electron chi connectivity index (χ0n) is 12.9. The number of nitrogens with one attached hydrogen (secondary N) is 2. The minimum Gasteiger partial charge on any atom is -0.357 e. The van der Waals surface area contributed by atoms with Gasteiger partial charge in [-0.1, -0.05) is 6.92 Å². The maximum absolute atomic E-state index is 11.8. The molecule has 0 atom stereocenters. The second-order valence-electron chi connectivity index (χ2n) is 4.72. The van der Waals surface area contributed by atoms with Gasteiger partial charge in [-0.15, -0.1) is 11.3 Å². The molecule has 0 saturated carbocycles. The number of hydrogen-bond acceptors (Lipinski definition) is 6. The highest BCUT2D eigenvalue weighted by Gasteiger charge is 2.16. The largest absolute Gasteiger partial charge is 0.357 e. The van der Waals surface area contributed by atoms with Crippen LogP contribution in [0.4, 0.5) is 11.8 Å². The number of carbonyl (C=O) groups is 1. The molecule has 0 aromatic carbocycles. The molecule has 0 bridgehead atoms. The highest BCUT2D eigenvalue weighted by atomic mass is 32.1. The molecule has 114 valence electrons. The number of nitrogens with zero attached hydrogens (tertiary/aromatic N) is 3. The number of aryl methyl sites for hydroxylation is 1. The number of rotatable bonds is 6. The van der Waals surface area contributed by atoms with Crippen molar-refractivity contribution < 1.29 is 4.79 Å². The van der Waals surface area contributed by atoms with Crippen molar-refractivity contribution in [3.05, 3.63) is 10.9 Å². The van der Waals surface area contributed by atoms with E-state index < -0.39 is 0 Å². The lowest BCUT2D eigenvalue weighted by molar-refractivity contribution is -0.119. The molecule has 21 heavy (non-hydrogen) atoms. The normalized spacial score (nSPS) is 10.7. The van der Waals surface area contributed by atoms with E-state index in [2.05, 4.69) is 33.6 Å². The highest BCUT2D eigenvalue weighted by molar-refractivity contribution is 7.18. The molecule has 7 heteroatoms. The number of carbonyl (C=O) groups excluding carboxylic acids is 1. The SMILES string of the molecule is CCNC(=O)CN(C)c1nc(NC)nc2sc(CC)cc12. The van der Waals surface area contributed by atoms with E-state index >= 15 is 0 Å². The van der Waals surface area contributed by atoms with Gasteiger partial charge in [0, 0.05) is 25.5 Å². The maximum Gasteiger partial charge on any atom is 0.239 e. The van der Waals surface area contributed by atoms with Gasteiger partial charge in [0.05, 0.1) is 11.9 Å². The summed E-state index contributed by atoms with van der Waals surface area (Å²) in [6, 6.07) is 2.11. The Balaban J connectivity index is 2.40. The Hall–Kier alpha value is -1.89. The molecule has 0 radical (unpaired) electrons. The van der Waals surface area contributed by atoms with Crippen molar-refractivity contribution >= 4 is 39.2 Å². The minimum atomic E-state index is -0.0104. The van der Waals surface area contributed by atoms with E-state index in [1.54, 1.807) is 18.4 Å². The van der Waals surface area contributed by atoms with Gasteiger partial charge in [0.15, 0.2) is 0 Å². The first-order valence-electron chi connectivity index (χ1n) is 7.05. The first-order valence-corrected chi connectivity index (χ1v) is 7.86. The molecule has 0 aliphatic carbocycles. The molecule has 0 spiro atoms. The third-order valence-corrected chi connectivity index (χ3v) is 4.29. The fraction of sp³-hybridized carbons (Fsp3) is 0.500. The van der Waals surface area contributed by atoms with Crippen molar-refractivity contribution in [1.29, 1.82) is 0 Å². The number of anilines is 2. The van der Waals surface area contributed by atoms with Gasteiger partial charge in [-0.05, 0) is 19.4 Å². The summed E-state index contributed by atoms with van der Waals surface area (Å²) < 4.78 is 0. The average Bonchev–Trinajstić information content (AvgIpc) is 2.89. The maximum atomic E-state index is 11.8. The topological polar surface area (TPSA) is 70.2 Å². The third-order valence-electron chi connectivity index (χ3n) is 3.11. The van der Waals surface area contributed by atoms with Gasteiger partial charge in [-0.25, -0.2) is 4.98 Å². The lowest BCUT2D eigenvalue weighted by atomic mass is 10.3. The van der Waals surface area contributed by atoms with E-state index in [0.29, 0.717) is 12.5 Å². The molecule has 0 aliphatic heterocycles. The fourth-order valence-electron chi connectivity index (χ4n) is 2.08. The second-order valence-corrected chi connectivity index (χ2v) is 5.83. The summed E-state index contributed by atoms with van der Waals surface area (Å²) in [5.41, 5.74) is 0. The van der Waals surface area contributed by atoms with Gasteiger partial charge in [0.2, 0.25) is 11.9 Å². The Morgan fingerprint density at radius 3 is 2.76 bits per heavy atom. The predicted octanol–water partition coefficient (Wildman–Crippen LogP) is 1.87. The van der Waals surface area contributed by atoms with Crippen LogP contribution in [0.25, 0.3) is 10.2 Å². The van der Waals surface area contributed by atoms with Crippen LogP contribution in [0, 0.1) is 0 Å². The lowest BCUT2D eigenvalue weighted by Gasteiger charge is -2.18. The minimum absolute atomic E-state index is 0.0104. The zero-order valence-corrected chi connectivity index (χ0v) is 13.7. The van der Waals surface area contributed by atoms with Gasteiger partial charge < -0.3 is 15.5 Å². The molecular formula is C14H21N5OS. The van der Waals surface area contributed by atoms with Crippen molar-refractivity contribution in [1.82, 2.24) is 15.3 Å². The van der Waals surface area contributed by atoms with Crippen LogP contribution in [0.2, 0.25) is 0 Å². The van der Waals surface area contributed by atoms with Gasteiger partial charge >= 0.3 is 0 Å². The molecule has 2 rings (SSSR count). The number of hydrogen-bond donors (Lipinski definition) is 2. The van der Waals surface area contributed by atoms with E-state index in [9.17, 15) is 4.79 Å². The number of thiophene rings is 1. The summed E-state index contributed by atoms with van der Waals surface area (Å²) in [7, 11) is 3.67. The molecule has 0 saturated heterocycles. The fourth-order valence-corrected chi connectivity index (χ4v) is 3.04. The predicted molar refractivity (Wildman–Crippen MR) is 88.3 cm³/mol. The van der Waals surface area contributed by atoms with E-state index in [1.807, 2.05) is 18.9 Å². The molecule has 0 fully saturated rings. The zero-order chi connectivity index (χ0) is 15.4. The van der Waals surface area contributed by atoms with Crippen LogP contribution >= 0.6 is 11.3 Å². The Kier molecular flexibility index (Phi) is 4.95. The standard InChI is InChI=1S/C14H21N5OS/c1-5-9-7-10-12(19(4)8-11(20)16-6-2)17-14(15-3)18-13(10)21-9/h7H,5-6,8H2,1-4H3,(H,16,20)(H,15,17,18). The van der Waals surface area contributed by atoms with E-state index in [4.69, 9.17) is 0 Å². The summed E-state index contributed by atoms with van der Waals surface area (Å²) in [5, 5.41) is 6.78. The molecule has 2 N–H and O–H groups in total. The van der Waals surface area contributed by atoms with Crippen LogP contribution in [0.3, 0.4) is 0 Å². The number of aromatic nitrogens is 2. The summed E-state index contributed by atoms with van der Waals surface area (Å²) in [5.74, 6) is 1.35. The highest BCUT2D eigenvalue weighted by Crippen LogP contribution is 2.31. The van der Waals surface area contributed by atoms with E-state index in [0.717, 1.165) is 22.5 Å². The Bertz CT molecular complexity index is 640. The van der Waals surface area contributed by atoms with Gasteiger partial charge in [-0.2, -0.15) is 4.98 Å². The molecular weight excluding hydrogens is 286 g/mol. The van der Waals surface area contributed by atoms with Crippen LogP contribution in [-0.2, 0) is 11.2 Å². The molecule has 2 aromatic rings. The summed E-state index contributed by atoms with van der Waals surface area (Å²) in [4.78, 5) is 24.8. The van der Waals surface area contributed by atoms with Crippen LogP contribution in [0.15, 0.2) is 6.07 Å². The van der Waals surface area contributed by atoms with Gasteiger partial charge in [0.25, 0.3) is 0 Å². The molecule has 6 nitrogen and oxygen atoms in total. The van der Waals surface area contributed by atoms with Crippen LogP contribution in [0.1, 0.15) is 18.7 Å². The molecule has 2 heterocycles. The number of amides is 1. The van der Waals surface area contributed by atoms with E-state index in [1.165, 1.54) is 4.88 Å². The van der Waals surface area contributed by atoms with Crippen LogP contribution in [-0.4, -0.2) is 43.1 Å². The average molecular weight is 307 g/mol. The van der Waals surface area contributed by atoms with Crippen molar-refractivity contribution in [3.8, 4) is 0 Å². The smallest absolute Gasteiger partial charge is 0.239 e. The van der Waals surface area contributed by atoms with Crippen molar-refractivity contribution in [2.24, 2.45) is 0 Å². The summed E-state index contributed by atoms with van der Waals surface area (Å²) in [6.07, 6.45) is 0.968. The molecule has 0 unspecified atom stereocenters. The van der Waals surface area contributed by atoms with Gasteiger partial charge in [-0.3, -0.25) is 4.79 Å². The summed E-state index contributed by atoms with van der Waals surface area (Å²) >= 11 is 1.67. The monoisotopic (exact) mass is 307 g/mol. The van der Waals surface area contributed by atoms with Crippen molar-refractivity contribution in [3.63, 3.8) is 0 Å². The van der Waals surface area contributed by atoms with E-state index in [-0.39, 0.29) is 12.5 Å². The van der Waals surface area contributed by atoms with Crippen molar-refractivity contribution in [2.45, 2.75) is 20.3 Å². The number of fused-ring (bicyclic) bond motifs is 1. The Morgan fingerprint density at radius 1 is 1.38 bits per heavy atom. The first-order chi connectivity index (χ1) is 10.1. The van der Waals surface area contributed by atoms with Gasteiger partial charge in [0.1, 0.15) is 10.6 Å². The Labute approximate surface area is 128 Å². The second kappa shape index (κ2) is 6.71. The lowest BCUT2D eigenvalue weighted by Crippen LogP contribution is -2.35. The first kappa shape index (κ1) is 15.5. The summed E-state index contributed by atoms with van der Waals surface area (Å²) in [6.45, 7) is 4.94.